The SMILES string of the molecule is O=C(O)c1cc(S(=O)(=O)NCc2sccc2Br)ccc1Cl. The van der Waals surface area contributed by atoms with Gasteiger partial charge in [0.25, 0.3) is 0 Å². The van der Waals surface area contributed by atoms with Crippen LogP contribution in [-0.4, -0.2) is 19.5 Å². The van der Waals surface area contributed by atoms with E-state index in [1.165, 1.54) is 23.5 Å². The molecule has 1 aromatic heterocycles. The lowest BCUT2D eigenvalue weighted by Gasteiger charge is -2.08. The maximum atomic E-state index is 12.2. The average Bonchev–Trinajstić information content (AvgIpc) is 2.82. The molecule has 0 unspecified atom stereocenters. The van der Waals surface area contributed by atoms with Gasteiger partial charge in [-0.2, -0.15) is 0 Å². The third-order valence-corrected chi connectivity index (χ3v) is 6.25. The van der Waals surface area contributed by atoms with E-state index in [-0.39, 0.29) is 22.0 Å². The highest BCUT2D eigenvalue weighted by Crippen LogP contribution is 2.24. The van der Waals surface area contributed by atoms with Gasteiger partial charge in [-0.1, -0.05) is 11.6 Å². The van der Waals surface area contributed by atoms with Crippen LogP contribution in [0, 0.1) is 0 Å². The van der Waals surface area contributed by atoms with Crippen LogP contribution in [0.5, 0.6) is 0 Å². The molecule has 112 valence electrons. The van der Waals surface area contributed by atoms with Crippen LogP contribution >= 0.6 is 38.9 Å². The van der Waals surface area contributed by atoms with Crippen LogP contribution < -0.4 is 4.72 Å². The van der Waals surface area contributed by atoms with E-state index in [9.17, 15) is 13.2 Å². The van der Waals surface area contributed by atoms with Crippen molar-refractivity contribution in [1.29, 1.82) is 0 Å². The van der Waals surface area contributed by atoms with Gasteiger partial charge in [0.15, 0.2) is 0 Å². The molecule has 0 fully saturated rings. The minimum Gasteiger partial charge on any atom is -0.478 e. The molecule has 0 aliphatic rings. The standard InChI is InChI=1S/C12H9BrClNO4S2/c13-9-3-4-20-11(9)6-15-21(18,19)7-1-2-10(14)8(5-7)12(16)17/h1-5,15H,6H2,(H,16,17). The third-order valence-electron chi connectivity index (χ3n) is 2.59. The van der Waals surface area contributed by atoms with Crippen LogP contribution in [0.2, 0.25) is 5.02 Å². The molecular formula is C12H9BrClNO4S2. The number of halogens is 2. The summed E-state index contributed by atoms with van der Waals surface area (Å²) in [4.78, 5) is 11.7. The summed E-state index contributed by atoms with van der Waals surface area (Å²) in [5.74, 6) is -1.28. The van der Waals surface area contributed by atoms with Crippen LogP contribution in [0.25, 0.3) is 0 Å². The maximum absolute atomic E-state index is 12.2. The number of hydrogen-bond donors (Lipinski definition) is 2. The Labute approximate surface area is 138 Å². The summed E-state index contributed by atoms with van der Waals surface area (Å²) in [6.45, 7) is 0.117. The summed E-state index contributed by atoms with van der Waals surface area (Å²) in [6, 6.07) is 5.37. The topological polar surface area (TPSA) is 83.5 Å². The number of rotatable bonds is 5. The quantitative estimate of drug-likeness (QED) is 0.792. The lowest BCUT2D eigenvalue weighted by atomic mass is 10.2. The van der Waals surface area contributed by atoms with Crippen LogP contribution in [-0.2, 0) is 16.6 Å². The van der Waals surface area contributed by atoms with Crippen LogP contribution in [0.3, 0.4) is 0 Å². The van der Waals surface area contributed by atoms with Gasteiger partial charge in [-0.25, -0.2) is 17.9 Å². The van der Waals surface area contributed by atoms with E-state index in [1.807, 2.05) is 11.4 Å². The average molecular weight is 411 g/mol. The molecule has 0 aliphatic heterocycles. The van der Waals surface area contributed by atoms with Crippen molar-refractivity contribution in [2.24, 2.45) is 0 Å². The Morgan fingerprint density at radius 1 is 1.38 bits per heavy atom. The smallest absolute Gasteiger partial charge is 0.337 e. The predicted molar refractivity (Wildman–Crippen MR) is 84.5 cm³/mol. The van der Waals surface area contributed by atoms with Gasteiger partial charge in [-0.05, 0) is 45.6 Å². The first kappa shape index (κ1) is 16.4. The minimum absolute atomic E-state index is 0.0116. The summed E-state index contributed by atoms with van der Waals surface area (Å²) in [5, 5.41) is 10.8. The van der Waals surface area contributed by atoms with E-state index in [0.29, 0.717) is 0 Å². The number of aromatic carboxylic acids is 1. The van der Waals surface area contributed by atoms with Crippen molar-refractivity contribution in [2.45, 2.75) is 11.4 Å². The molecular weight excluding hydrogens is 402 g/mol. The third kappa shape index (κ3) is 3.83. The van der Waals surface area contributed by atoms with E-state index < -0.39 is 16.0 Å². The molecule has 1 aromatic carbocycles. The lowest BCUT2D eigenvalue weighted by Crippen LogP contribution is -2.23. The first-order valence-corrected chi connectivity index (χ1v) is 9.09. The van der Waals surface area contributed by atoms with E-state index in [4.69, 9.17) is 16.7 Å². The van der Waals surface area contributed by atoms with Crippen molar-refractivity contribution in [3.05, 3.63) is 49.6 Å². The van der Waals surface area contributed by atoms with E-state index >= 15 is 0 Å². The molecule has 2 aromatic rings. The zero-order valence-electron chi connectivity index (χ0n) is 10.3. The molecule has 5 nitrogen and oxygen atoms in total. The van der Waals surface area contributed by atoms with Crippen molar-refractivity contribution in [1.82, 2.24) is 4.72 Å². The van der Waals surface area contributed by atoms with Crippen molar-refractivity contribution >= 4 is 54.9 Å². The van der Waals surface area contributed by atoms with Gasteiger partial charge in [-0.3, -0.25) is 0 Å². The Morgan fingerprint density at radius 3 is 2.67 bits per heavy atom. The molecule has 0 saturated heterocycles. The molecule has 0 radical (unpaired) electrons. The molecule has 0 amide bonds. The van der Waals surface area contributed by atoms with Crippen LogP contribution in [0.1, 0.15) is 15.2 Å². The zero-order chi connectivity index (χ0) is 15.6. The molecule has 0 atom stereocenters. The molecule has 0 saturated carbocycles. The highest BCUT2D eigenvalue weighted by molar-refractivity contribution is 9.10. The van der Waals surface area contributed by atoms with Gasteiger partial charge in [0.1, 0.15) is 0 Å². The van der Waals surface area contributed by atoms with Gasteiger partial charge in [-0.15, -0.1) is 11.3 Å². The lowest BCUT2D eigenvalue weighted by molar-refractivity contribution is 0.0697. The number of carboxylic acids is 1. The summed E-state index contributed by atoms with van der Waals surface area (Å²) in [5.41, 5.74) is -0.253. The second kappa shape index (κ2) is 6.45. The maximum Gasteiger partial charge on any atom is 0.337 e. The zero-order valence-corrected chi connectivity index (χ0v) is 14.3. The van der Waals surface area contributed by atoms with Crippen molar-refractivity contribution < 1.29 is 18.3 Å². The number of nitrogens with one attached hydrogen (secondary N) is 1. The summed E-state index contributed by atoms with van der Waals surface area (Å²) in [6.07, 6.45) is 0. The van der Waals surface area contributed by atoms with Crippen LogP contribution in [0.15, 0.2) is 39.0 Å². The normalized spacial score (nSPS) is 11.5. The van der Waals surface area contributed by atoms with E-state index in [1.54, 1.807) is 0 Å². The Balaban J connectivity index is 2.26. The molecule has 1 heterocycles. The first-order valence-electron chi connectivity index (χ1n) is 5.55. The van der Waals surface area contributed by atoms with E-state index in [2.05, 4.69) is 20.7 Å². The highest BCUT2D eigenvalue weighted by Gasteiger charge is 2.18. The molecule has 0 aliphatic carbocycles. The predicted octanol–water partition coefficient (Wildman–Crippen LogP) is 3.34. The Kier molecular flexibility index (Phi) is 5.05. The summed E-state index contributed by atoms with van der Waals surface area (Å²) >= 11 is 10.4. The Bertz CT molecular complexity index is 788. The number of hydrogen-bond acceptors (Lipinski definition) is 4. The summed E-state index contributed by atoms with van der Waals surface area (Å²) in [7, 11) is -3.81. The minimum atomic E-state index is -3.81. The number of sulfonamides is 1. The first-order chi connectivity index (χ1) is 9.81. The van der Waals surface area contributed by atoms with Crippen LogP contribution in [0.4, 0.5) is 0 Å². The fraction of sp³-hybridized carbons (Fsp3) is 0.0833. The number of benzene rings is 1. The number of carbonyl (C=O) groups is 1. The second-order valence-electron chi connectivity index (χ2n) is 3.96. The Hall–Kier alpha value is -0.930. The van der Waals surface area contributed by atoms with Crippen molar-refractivity contribution in [2.75, 3.05) is 0 Å². The molecule has 0 spiro atoms. The molecule has 2 N–H and O–H groups in total. The highest BCUT2D eigenvalue weighted by atomic mass is 79.9. The van der Waals surface area contributed by atoms with Gasteiger partial charge in [0, 0.05) is 15.9 Å². The van der Waals surface area contributed by atoms with E-state index in [0.717, 1.165) is 15.4 Å². The fourth-order valence-corrected chi connectivity index (χ4v) is 4.27. The van der Waals surface area contributed by atoms with Crippen molar-refractivity contribution in [3.8, 4) is 0 Å². The largest absolute Gasteiger partial charge is 0.478 e. The van der Waals surface area contributed by atoms with Gasteiger partial charge in [0.2, 0.25) is 10.0 Å². The van der Waals surface area contributed by atoms with Gasteiger partial charge < -0.3 is 5.11 Å². The monoisotopic (exact) mass is 409 g/mol. The second-order valence-corrected chi connectivity index (χ2v) is 7.99. The molecule has 21 heavy (non-hydrogen) atoms. The van der Waals surface area contributed by atoms with Gasteiger partial charge in [0.05, 0.1) is 15.5 Å². The number of carboxylic acid groups (broad SMARTS) is 1. The summed E-state index contributed by atoms with van der Waals surface area (Å²) < 4.78 is 27.6. The van der Waals surface area contributed by atoms with Crippen molar-refractivity contribution in [3.63, 3.8) is 0 Å². The molecule has 0 bridgehead atoms. The number of thiophene rings is 1. The fourth-order valence-electron chi connectivity index (χ4n) is 1.53. The Morgan fingerprint density at radius 2 is 2.10 bits per heavy atom. The van der Waals surface area contributed by atoms with Gasteiger partial charge >= 0.3 is 5.97 Å². The molecule has 2 rings (SSSR count). The molecule has 9 heteroatoms.